The lowest BCUT2D eigenvalue weighted by Crippen LogP contribution is -2.38. The van der Waals surface area contributed by atoms with Gasteiger partial charge in [0, 0.05) is 24.5 Å². The number of hydrogen-bond acceptors (Lipinski definition) is 5. The first kappa shape index (κ1) is 26.0. The fourth-order valence-corrected chi connectivity index (χ4v) is 5.06. The van der Waals surface area contributed by atoms with Gasteiger partial charge in [-0.15, -0.1) is 5.10 Å². The zero-order chi connectivity index (χ0) is 24.3. The topological polar surface area (TPSA) is 57.5 Å². The summed E-state index contributed by atoms with van der Waals surface area (Å²) in [5, 5.41) is 7.12. The Kier molecular flexibility index (Phi) is 10.2. The summed E-state index contributed by atoms with van der Waals surface area (Å²) in [4.78, 5) is 2.39. The van der Waals surface area contributed by atoms with E-state index in [0.717, 1.165) is 36.8 Å². The molecule has 184 valence electrons. The Morgan fingerprint density at radius 1 is 1.18 bits per heavy atom. The second kappa shape index (κ2) is 13.3. The lowest BCUT2D eigenvalue weighted by molar-refractivity contribution is 0.0765. The fourth-order valence-electron chi connectivity index (χ4n) is 3.77. The van der Waals surface area contributed by atoms with Crippen molar-refractivity contribution in [3.05, 3.63) is 65.7 Å². The van der Waals surface area contributed by atoms with Gasteiger partial charge in [-0.2, -0.15) is 5.10 Å². The first-order chi connectivity index (χ1) is 16.5. The number of rotatable bonds is 11. The average Bonchev–Trinajstić information content (AvgIpc) is 2.85. The van der Waals surface area contributed by atoms with Crippen molar-refractivity contribution in [2.24, 2.45) is 16.1 Å². The maximum absolute atomic E-state index is 13.3. The molecule has 0 bridgehead atoms. The molecule has 1 atom stereocenters. The van der Waals surface area contributed by atoms with Crippen molar-refractivity contribution in [2.75, 3.05) is 36.3 Å². The van der Waals surface area contributed by atoms with E-state index < -0.39 is 24.0 Å². The largest absolute Gasteiger partial charge is 0.470 e. The summed E-state index contributed by atoms with van der Waals surface area (Å²) in [6.45, 7) is 8.14. The van der Waals surface area contributed by atoms with Gasteiger partial charge in [0.15, 0.2) is 6.61 Å². The second-order valence-electron chi connectivity index (χ2n) is 8.37. The molecule has 0 N–H and O–H groups in total. The molecule has 2 aromatic carbocycles. The Bertz CT molecular complexity index is 949. The number of likely N-dealkylation sites (tertiary alicyclic amines) is 1. The van der Waals surface area contributed by atoms with E-state index in [1.165, 1.54) is 12.8 Å². The van der Waals surface area contributed by atoms with Crippen LogP contribution in [0.3, 0.4) is 0 Å². The summed E-state index contributed by atoms with van der Waals surface area (Å²) >= 11 is 0. The van der Waals surface area contributed by atoms with E-state index in [1.54, 1.807) is 12.1 Å². The number of anilines is 1. The lowest BCUT2D eigenvalue weighted by atomic mass is 9.99. The van der Waals surface area contributed by atoms with Crippen LogP contribution in [0.25, 0.3) is 0 Å². The minimum atomic E-state index is -2.61. The van der Waals surface area contributed by atoms with Crippen LogP contribution in [0, 0.1) is 5.92 Å². The van der Waals surface area contributed by atoms with Gasteiger partial charge in [-0.25, -0.2) is 13.0 Å². The fraction of sp³-hybridized carbons (Fsp3) is 0.440. The smallest absolute Gasteiger partial charge is 0.272 e. The van der Waals surface area contributed by atoms with Crippen LogP contribution in [0.4, 0.5) is 14.5 Å². The van der Waals surface area contributed by atoms with Crippen LogP contribution >= 0.6 is 0 Å². The highest BCUT2D eigenvalue weighted by atomic mass is 32.2. The first-order valence-corrected chi connectivity index (χ1v) is 12.7. The molecule has 0 aliphatic carbocycles. The minimum Gasteiger partial charge on any atom is -0.470 e. The molecule has 0 radical (unpaired) electrons. The molecule has 0 amide bonds. The van der Waals surface area contributed by atoms with Crippen LogP contribution in [0.2, 0.25) is 0 Å². The monoisotopic (exact) mass is 490 g/mol. The molecule has 1 heterocycles. The molecule has 2 aromatic rings. The van der Waals surface area contributed by atoms with Crippen molar-refractivity contribution in [3.63, 3.8) is 0 Å². The number of halogens is 2. The zero-order valence-corrected chi connectivity index (χ0v) is 20.3. The summed E-state index contributed by atoms with van der Waals surface area (Å²) in [5.74, 6) is 1.31. The van der Waals surface area contributed by atoms with E-state index in [1.807, 2.05) is 46.8 Å². The van der Waals surface area contributed by atoms with Crippen molar-refractivity contribution in [3.8, 4) is 0 Å². The van der Waals surface area contributed by atoms with E-state index in [2.05, 4.69) is 28.7 Å². The second-order valence-corrected chi connectivity index (χ2v) is 9.86. The molecule has 1 saturated heterocycles. The van der Waals surface area contributed by atoms with E-state index in [0.29, 0.717) is 17.9 Å². The molecule has 3 rings (SSSR count). The molecule has 9 heteroatoms. The molecule has 1 unspecified atom stereocenters. The van der Waals surface area contributed by atoms with Gasteiger partial charge in [-0.1, -0.05) is 37.3 Å². The number of alkyl halides is 2. The highest BCUT2D eigenvalue weighted by Gasteiger charge is 2.19. The van der Waals surface area contributed by atoms with Crippen LogP contribution in [0.1, 0.15) is 30.9 Å². The van der Waals surface area contributed by atoms with Crippen molar-refractivity contribution in [1.29, 1.82) is 0 Å². The number of piperidine rings is 1. The van der Waals surface area contributed by atoms with Gasteiger partial charge >= 0.3 is 0 Å². The van der Waals surface area contributed by atoms with Gasteiger partial charge in [0.25, 0.3) is 6.43 Å². The number of nitrogens with zero attached hydrogens (tertiary/aromatic N) is 4. The highest BCUT2D eigenvalue weighted by molar-refractivity contribution is 7.86. The van der Waals surface area contributed by atoms with Crippen molar-refractivity contribution in [2.45, 2.75) is 32.7 Å². The predicted molar refractivity (Wildman–Crippen MR) is 135 cm³/mol. The predicted octanol–water partition coefficient (Wildman–Crippen LogP) is 4.73. The summed E-state index contributed by atoms with van der Waals surface area (Å²) in [7, 11) is -1.21. The maximum Gasteiger partial charge on any atom is 0.272 e. The SMILES string of the molecule is C=N/N=C(\OCC(F)F)c1ccc(CN(c2ccccc2)S(=O)CCN2CCC(C)CC2)cc1. The number of benzene rings is 2. The van der Waals surface area contributed by atoms with Gasteiger partial charge in [-0.05, 0) is 61.7 Å². The van der Waals surface area contributed by atoms with Crippen LogP contribution in [0.5, 0.6) is 0 Å². The van der Waals surface area contributed by atoms with Crippen molar-refractivity contribution in [1.82, 2.24) is 4.90 Å². The summed E-state index contributed by atoms with van der Waals surface area (Å²) < 4.78 is 45.4. The summed E-state index contributed by atoms with van der Waals surface area (Å²) in [5.41, 5.74) is 2.33. The Morgan fingerprint density at radius 3 is 2.47 bits per heavy atom. The molecule has 0 spiro atoms. The first-order valence-electron chi connectivity index (χ1n) is 11.4. The van der Waals surface area contributed by atoms with Crippen LogP contribution in [-0.2, 0) is 22.3 Å². The molecule has 0 aromatic heterocycles. The molecule has 1 aliphatic rings. The van der Waals surface area contributed by atoms with E-state index >= 15 is 0 Å². The van der Waals surface area contributed by atoms with Crippen LogP contribution in [0.15, 0.2) is 64.8 Å². The number of ether oxygens (including phenoxy) is 1. The molecule has 0 saturated carbocycles. The summed E-state index contributed by atoms with van der Waals surface area (Å²) in [6.07, 6.45) is -0.235. The number of para-hydroxylation sites is 1. The third kappa shape index (κ3) is 7.99. The molecule has 34 heavy (non-hydrogen) atoms. The third-order valence-electron chi connectivity index (χ3n) is 5.78. The average molecular weight is 491 g/mol. The van der Waals surface area contributed by atoms with E-state index in [4.69, 9.17) is 4.74 Å². The molecule has 6 nitrogen and oxygen atoms in total. The van der Waals surface area contributed by atoms with Gasteiger partial charge in [0.05, 0.1) is 12.3 Å². The molecular weight excluding hydrogens is 458 g/mol. The maximum atomic E-state index is 13.3. The molecular formula is C25H32F2N4O2S. The minimum absolute atomic E-state index is 0.0128. The molecule has 1 aliphatic heterocycles. The standard InChI is InChI=1S/C25H32F2N4O2S/c1-20-12-14-30(15-13-20)16-17-34(32)31(23-6-4-3-5-7-23)18-21-8-10-22(11-9-21)25(29-28-2)33-19-24(26)27/h3-11,20,24H,2,12-19H2,1H3/b29-25-. The highest BCUT2D eigenvalue weighted by Crippen LogP contribution is 2.21. The quantitative estimate of drug-likeness (QED) is 0.260. The van der Waals surface area contributed by atoms with Gasteiger partial charge < -0.3 is 9.64 Å². The Labute approximate surface area is 202 Å². The number of hydrogen-bond donors (Lipinski definition) is 0. The van der Waals surface area contributed by atoms with Crippen molar-refractivity contribution < 1.29 is 17.7 Å². The van der Waals surface area contributed by atoms with E-state index in [9.17, 15) is 13.0 Å². The third-order valence-corrected chi connectivity index (χ3v) is 7.15. The van der Waals surface area contributed by atoms with Gasteiger partial charge in [0.1, 0.15) is 11.0 Å². The Balaban J connectivity index is 1.69. The van der Waals surface area contributed by atoms with Crippen LogP contribution in [-0.4, -0.2) is 60.1 Å². The van der Waals surface area contributed by atoms with Gasteiger partial charge in [-0.3, -0.25) is 4.31 Å². The van der Waals surface area contributed by atoms with Gasteiger partial charge in [0.2, 0.25) is 5.90 Å². The Hall–Kier alpha value is -2.65. The molecule has 1 fully saturated rings. The normalized spacial score (nSPS) is 16.4. The zero-order valence-electron chi connectivity index (χ0n) is 19.5. The van der Waals surface area contributed by atoms with E-state index in [-0.39, 0.29) is 5.90 Å². The Morgan fingerprint density at radius 2 is 1.85 bits per heavy atom. The van der Waals surface area contributed by atoms with Crippen LogP contribution < -0.4 is 4.31 Å². The lowest BCUT2D eigenvalue weighted by Gasteiger charge is -2.31. The summed E-state index contributed by atoms with van der Waals surface area (Å²) in [6, 6.07) is 16.8. The van der Waals surface area contributed by atoms with Crippen molar-refractivity contribution >= 4 is 29.3 Å².